The molecule has 1 fully saturated rings. The Hall–Kier alpha value is -1.82. The van der Waals surface area contributed by atoms with Crippen LogP contribution in [0.1, 0.15) is 31.4 Å². The van der Waals surface area contributed by atoms with Crippen molar-refractivity contribution in [1.82, 2.24) is 15.2 Å². The lowest BCUT2D eigenvalue weighted by molar-refractivity contribution is 0.134. The van der Waals surface area contributed by atoms with Crippen molar-refractivity contribution in [3.8, 4) is 0 Å². The first-order valence-corrected chi connectivity index (χ1v) is 8.26. The molecule has 2 N–H and O–H groups in total. The molecule has 1 aromatic heterocycles. The van der Waals surface area contributed by atoms with E-state index in [1.165, 1.54) is 0 Å². The lowest BCUT2D eigenvalue weighted by Crippen LogP contribution is -2.45. The highest BCUT2D eigenvalue weighted by Crippen LogP contribution is 2.26. The molecule has 1 saturated carbocycles. The highest BCUT2D eigenvalue weighted by molar-refractivity contribution is 5.74. The molecule has 0 aliphatic heterocycles. The Bertz CT molecular complexity index is 513. The van der Waals surface area contributed by atoms with Gasteiger partial charge in [-0.25, -0.2) is 9.78 Å². The van der Waals surface area contributed by atoms with Crippen molar-refractivity contribution in [3.63, 3.8) is 0 Å². The highest BCUT2D eigenvalue weighted by atomic mass is 16.3. The van der Waals surface area contributed by atoms with Crippen molar-refractivity contribution in [1.29, 1.82) is 0 Å². The van der Waals surface area contributed by atoms with Gasteiger partial charge in [-0.05, 0) is 43.7 Å². The van der Waals surface area contributed by atoms with Crippen LogP contribution in [-0.4, -0.2) is 54.8 Å². The summed E-state index contributed by atoms with van der Waals surface area (Å²) in [5.41, 5.74) is 0.849. The lowest BCUT2D eigenvalue weighted by atomic mass is 9.86. The Kier molecular flexibility index (Phi) is 6.21. The second-order valence-electron chi connectivity index (χ2n) is 6.51. The van der Waals surface area contributed by atoms with Crippen LogP contribution in [0.3, 0.4) is 0 Å². The summed E-state index contributed by atoms with van der Waals surface area (Å²) in [6, 6.07) is 6.01. The molecule has 0 bridgehead atoms. The molecule has 1 aliphatic carbocycles. The molecule has 2 amide bonds. The summed E-state index contributed by atoms with van der Waals surface area (Å²) < 4.78 is 0. The van der Waals surface area contributed by atoms with Crippen LogP contribution < -0.4 is 10.2 Å². The van der Waals surface area contributed by atoms with Gasteiger partial charge in [0, 0.05) is 33.8 Å². The van der Waals surface area contributed by atoms with Crippen LogP contribution in [0, 0.1) is 5.92 Å². The first kappa shape index (κ1) is 17.5. The number of anilines is 1. The lowest BCUT2D eigenvalue weighted by Gasteiger charge is -2.34. The Morgan fingerprint density at radius 2 is 1.96 bits per heavy atom. The van der Waals surface area contributed by atoms with Crippen molar-refractivity contribution < 1.29 is 9.90 Å². The fraction of sp³-hybridized carbons (Fsp3) is 0.647. The third kappa shape index (κ3) is 4.82. The summed E-state index contributed by atoms with van der Waals surface area (Å²) in [5, 5.41) is 12.1. The van der Waals surface area contributed by atoms with Crippen molar-refractivity contribution in [2.45, 2.75) is 38.3 Å². The number of aromatic nitrogens is 1. The van der Waals surface area contributed by atoms with Crippen LogP contribution in [0.4, 0.5) is 10.6 Å². The van der Waals surface area contributed by atoms with Gasteiger partial charge in [0.1, 0.15) is 5.82 Å². The fourth-order valence-corrected chi connectivity index (χ4v) is 2.99. The first-order valence-electron chi connectivity index (χ1n) is 8.26. The number of aliphatic hydroxyl groups is 1. The molecule has 1 aromatic rings. The van der Waals surface area contributed by atoms with Crippen molar-refractivity contribution in [2.75, 3.05) is 32.6 Å². The number of urea groups is 1. The summed E-state index contributed by atoms with van der Waals surface area (Å²) in [7, 11) is 5.74. The van der Waals surface area contributed by atoms with Crippen LogP contribution in [-0.2, 0) is 6.54 Å². The van der Waals surface area contributed by atoms with Crippen LogP contribution in [0.5, 0.6) is 0 Å². The second-order valence-corrected chi connectivity index (χ2v) is 6.51. The van der Waals surface area contributed by atoms with Gasteiger partial charge in [-0.2, -0.15) is 0 Å². The maximum absolute atomic E-state index is 12.3. The third-order valence-electron chi connectivity index (χ3n) is 4.61. The van der Waals surface area contributed by atoms with Crippen LogP contribution in [0.15, 0.2) is 18.2 Å². The molecule has 23 heavy (non-hydrogen) atoms. The topological polar surface area (TPSA) is 68.7 Å². The van der Waals surface area contributed by atoms with Gasteiger partial charge in [-0.3, -0.25) is 0 Å². The van der Waals surface area contributed by atoms with E-state index < -0.39 is 0 Å². The molecule has 0 aromatic carbocycles. The normalized spacial score (nSPS) is 20.9. The average molecular weight is 320 g/mol. The minimum Gasteiger partial charge on any atom is -0.396 e. The number of nitrogens with zero attached hydrogens (tertiary/aromatic N) is 3. The van der Waals surface area contributed by atoms with Gasteiger partial charge in [0.25, 0.3) is 0 Å². The van der Waals surface area contributed by atoms with E-state index >= 15 is 0 Å². The summed E-state index contributed by atoms with van der Waals surface area (Å²) in [5.74, 6) is 1.29. The SMILES string of the molecule is CN(C)c1cccc(CNC(=O)N(C)C2CCC(CO)CC2)n1. The molecule has 6 nitrogen and oxygen atoms in total. The molecular formula is C17H28N4O2. The monoisotopic (exact) mass is 320 g/mol. The van der Waals surface area contributed by atoms with E-state index in [-0.39, 0.29) is 18.7 Å². The molecule has 1 heterocycles. The van der Waals surface area contributed by atoms with E-state index in [0.717, 1.165) is 37.2 Å². The van der Waals surface area contributed by atoms with E-state index in [0.29, 0.717) is 12.5 Å². The van der Waals surface area contributed by atoms with Crippen molar-refractivity contribution in [3.05, 3.63) is 23.9 Å². The highest BCUT2D eigenvalue weighted by Gasteiger charge is 2.26. The zero-order chi connectivity index (χ0) is 16.8. The van der Waals surface area contributed by atoms with Crippen LogP contribution in [0.25, 0.3) is 0 Å². The Morgan fingerprint density at radius 3 is 2.57 bits per heavy atom. The maximum Gasteiger partial charge on any atom is 0.317 e. The Balaban J connectivity index is 1.83. The number of nitrogens with one attached hydrogen (secondary N) is 1. The molecule has 6 heteroatoms. The fourth-order valence-electron chi connectivity index (χ4n) is 2.99. The molecule has 0 radical (unpaired) electrons. The third-order valence-corrected chi connectivity index (χ3v) is 4.61. The molecule has 0 spiro atoms. The van der Waals surface area contributed by atoms with Crippen LogP contribution in [0.2, 0.25) is 0 Å². The van der Waals surface area contributed by atoms with Gasteiger partial charge >= 0.3 is 6.03 Å². The van der Waals surface area contributed by atoms with Crippen LogP contribution >= 0.6 is 0 Å². The molecule has 128 valence electrons. The first-order chi connectivity index (χ1) is 11.0. The van der Waals surface area contributed by atoms with Gasteiger partial charge in [-0.1, -0.05) is 6.07 Å². The number of amides is 2. The number of hydrogen-bond donors (Lipinski definition) is 2. The number of aliphatic hydroxyl groups excluding tert-OH is 1. The number of rotatable bonds is 5. The quantitative estimate of drug-likeness (QED) is 0.868. The average Bonchev–Trinajstić information content (AvgIpc) is 2.59. The maximum atomic E-state index is 12.3. The zero-order valence-corrected chi connectivity index (χ0v) is 14.3. The second kappa shape index (κ2) is 8.15. The minimum atomic E-state index is -0.0606. The summed E-state index contributed by atoms with van der Waals surface area (Å²) in [6.07, 6.45) is 3.91. The van der Waals surface area contributed by atoms with Gasteiger partial charge in [-0.15, -0.1) is 0 Å². The molecular weight excluding hydrogens is 292 g/mol. The van der Waals surface area contributed by atoms with E-state index in [1.54, 1.807) is 4.90 Å². The van der Waals surface area contributed by atoms with E-state index in [9.17, 15) is 9.90 Å². The largest absolute Gasteiger partial charge is 0.396 e. The zero-order valence-electron chi connectivity index (χ0n) is 14.3. The smallest absolute Gasteiger partial charge is 0.317 e. The summed E-state index contributed by atoms with van der Waals surface area (Å²) >= 11 is 0. The van der Waals surface area contributed by atoms with E-state index in [1.807, 2.05) is 44.2 Å². The number of hydrogen-bond acceptors (Lipinski definition) is 4. The van der Waals surface area contributed by atoms with Crippen molar-refractivity contribution in [2.24, 2.45) is 5.92 Å². The molecule has 2 rings (SSSR count). The minimum absolute atomic E-state index is 0.0606. The summed E-state index contributed by atoms with van der Waals surface area (Å²) in [4.78, 5) is 20.6. The predicted molar refractivity (Wildman–Crippen MR) is 91.4 cm³/mol. The van der Waals surface area contributed by atoms with Gasteiger partial charge in [0.15, 0.2) is 0 Å². The molecule has 0 saturated heterocycles. The van der Waals surface area contributed by atoms with E-state index in [2.05, 4.69) is 10.3 Å². The number of carbonyl (C=O) groups is 1. The standard InChI is InChI=1S/C17H28N4O2/c1-20(2)16-6-4-5-14(19-16)11-18-17(23)21(3)15-9-7-13(12-22)8-10-15/h4-6,13,15,22H,7-12H2,1-3H3,(H,18,23). The molecule has 0 atom stereocenters. The van der Waals surface area contributed by atoms with Gasteiger partial charge in [0.05, 0.1) is 12.2 Å². The van der Waals surface area contributed by atoms with E-state index in [4.69, 9.17) is 0 Å². The molecule has 1 aliphatic rings. The number of carbonyl (C=O) groups excluding carboxylic acids is 1. The Labute approximate surface area is 138 Å². The summed E-state index contributed by atoms with van der Waals surface area (Å²) in [6.45, 7) is 0.688. The van der Waals surface area contributed by atoms with Crippen molar-refractivity contribution >= 4 is 11.8 Å². The Morgan fingerprint density at radius 1 is 1.26 bits per heavy atom. The molecule has 0 unspecified atom stereocenters. The van der Waals surface area contributed by atoms with Gasteiger partial charge in [0.2, 0.25) is 0 Å². The predicted octanol–water partition coefficient (Wildman–Crippen LogP) is 1.84. The number of pyridine rings is 1. The van der Waals surface area contributed by atoms with Gasteiger partial charge < -0.3 is 20.2 Å².